The quantitative estimate of drug-likeness (QED) is 0.128. The molecule has 68 heavy (non-hydrogen) atoms. The molecule has 4 aliphatic heterocycles. The monoisotopic (exact) mass is 926 g/mol. The van der Waals surface area contributed by atoms with Crippen molar-refractivity contribution in [3.05, 3.63) is 100 Å². The number of urea groups is 2. The van der Waals surface area contributed by atoms with Crippen LogP contribution >= 0.6 is 0 Å². The van der Waals surface area contributed by atoms with Crippen LogP contribution in [0.4, 0.5) is 25.4 Å². The van der Waals surface area contributed by atoms with E-state index in [2.05, 4.69) is 69.7 Å². The molecular weight excluding hydrogens is 864 g/mol. The third kappa shape index (κ3) is 10.0. The van der Waals surface area contributed by atoms with Gasteiger partial charge < -0.3 is 29.9 Å². The van der Waals surface area contributed by atoms with Gasteiger partial charge in [-0.3, -0.25) is 19.8 Å². The standard InChI is InChI=1S/C53H63FN8O6/c1-5-68-47-11-10-37(27-45(47)62-19-13-48(64)58-52(62)67)50(65)60-22-16-53(17-23-60)14-20-59(21-15-53)18-12-35-6-8-36(9-7-35)38-25-42-44(26-38)55-32-56-49(42)41-28-40(54)29-43(34(41)4)57-51(66)61-30-39(24-33(2)3)46(63)31-61/h6-11,25,27-29,32-33,39,46,63H,5,12-24,26,30-31H2,1-4H3,(H,57,66)(H,58,64,67)/t39-,46-/m0/s1. The number of hydrogen-bond donors (Lipinski definition) is 3. The lowest BCUT2D eigenvalue weighted by Gasteiger charge is -2.47. The average Bonchev–Trinajstić information content (AvgIpc) is 3.93. The molecule has 2 atom stereocenters. The maximum absolute atomic E-state index is 15.3. The van der Waals surface area contributed by atoms with Crippen LogP contribution in [0.25, 0.3) is 22.9 Å². The van der Waals surface area contributed by atoms with Crippen molar-refractivity contribution in [1.82, 2.24) is 30.0 Å². The fraction of sp³-hybridized carbons (Fsp3) is 0.472. The molecule has 6 amide bonds. The molecule has 358 valence electrons. The minimum absolute atomic E-state index is 0.0165. The number of nitrogens with one attached hydrogen (secondary N) is 2. The normalized spacial score (nSPS) is 20.5. The van der Waals surface area contributed by atoms with Crippen molar-refractivity contribution in [3.8, 4) is 17.0 Å². The van der Waals surface area contributed by atoms with Crippen molar-refractivity contribution in [2.24, 2.45) is 17.3 Å². The number of allylic oxidation sites excluding steroid dienone is 1. The maximum atomic E-state index is 15.3. The largest absolute Gasteiger partial charge is 0.492 e. The molecule has 0 radical (unpaired) electrons. The number of halogens is 1. The number of benzene rings is 3. The number of likely N-dealkylation sites (tertiary alicyclic amines) is 3. The Balaban J connectivity index is 0.773. The van der Waals surface area contributed by atoms with Crippen molar-refractivity contribution >= 4 is 46.9 Å². The number of imide groups is 1. The summed E-state index contributed by atoms with van der Waals surface area (Å²) in [5.41, 5.74) is 8.74. The lowest BCUT2D eigenvalue weighted by Crippen LogP contribution is -2.50. The second-order valence-electron chi connectivity index (χ2n) is 19.8. The Morgan fingerprint density at radius 2 is 1.71 bits per heavy atom. The highest BCUT2D eigenvalue weighted by Gasteiger charge is 2.39. The molecule has 15 heteroatoms. The first kappa shape index (κ1) is 46.9. The molecule has 0 unspecified atom stereocenters. The average molecular weight is 927 g/mol. The summed E-state index contributed by atoms with van der Waals surface area (Å²) in [5, 5.41) is 15.9. The Hall–Kier alpha value is -6.19. The molecular formula is C53H63FN8O6. The summed E-state index contributed by atoms with van der Waals surface area (Å²) in [7, 11) is 0. The highest BCUT2D eigenvalue weighted by atomic mass is 19.1. The van der Waals surface area contributed by atoms with E-state index in [0.29, 0.717) is 78.1 Å². The topological polar surface area (TPSA) is 161 Å². The first-order valence-corrected chi connectivity index (χ1v) is 24.3. The van der Waals surface area contributed by atoms with Crippen molar-refractivity contribution < 1.29 is 33.4 Å². The number of anilines is 2. The first-order chi connectivity index (χ1) is 32.8. The van der Waals surface area contributed by atoms with Gasteiger partial charge in [0.25, 0.3) is 5.91 Å². The number of ether oxygens (including phenoxy) is 1. The van der Waals surface area contributed by atoms with Crippen LogP contribution in [-0.4, -0.2) is 119 Å². The van der Waals surface area contributed by atoms with Crippen LogP contribution in [0.1, 0.15) is 97.6 Å². The minimum atomic E-state index is -0.579. The molecule has 1 spiro atoms. The number of aliphatic hydroxyl groups is 1. The predicted molar refractivity (Wildman–Crippen MR) is 260 cm³/mol. The Labute approximate surface area is 397 Å². The number of hydrogen-bond acceptors (Lipinski definition) is 9. The van der Waals surface area contributed by atoms with Gasteiger partial charge in [0, 0.05) is 80.4 Å². The number of fused-ring (bicyclic) bond motifs is 1. The lowest BCUT2D eigenvalue weighted by atomic mass is 9.71. The van der Waals surface area contributed by atoms with E-state index in [1.165, 1.54) is 28.9 Å². The van der Waals surface area contributed by atoms with Crippen LogP contribution in [0.3, 0.4) is 0 Å². The van der Waals surface area contributed by atoms with Gasteiger partial charge in [-0.25, -0.2) is 23.9 Å². The summed E-state index contributed by atoms with van der Waals surface area (Å²) in [4.78, 5) is 68.4. The summed E-state index contributed by atoms with van der Waals surface area (Å²) in [6, 6.07) is 15.9. The highest BCUT2D eigenvalue weighted by molar-refractivity contribution is 6.07. The van der Waals surface area contributed by atoms with Crippen LogP contribution in [0.2, 0.25) is 0 Å². The van der Waals surface area contributed by atoms with E-state index >= 15 is 4.39 Å². The number of aliphatic hydroxyl groups excluding tert-OH is 1. The van der Waals surface area contributed by atoms with Crippen LogP contribution in [0.15, 0.2) is 60.9 Å². The summed E-state index contributed by atoms with van der Waals surface area (Å²) >= 11 is 0. The molecule has 1 aliphatic carbocycles. The molecule has 4 aromatic rings. The molecule has 3 N–H and O–H groups in total. The van der Waals surface area contributed by atoms with Crippen LogP contribution in [0, 0.1) is 30.0 Å². The molecule has 4 saturated heterocycles. The summed E-state index contributed by atoms with van der Waals surface area (Å²) in [6.07, 6.45) is 9.78. The summed E-state index contributed by atoms with van der Waals surface area (Å²) < 4.78 is 21.1. The number of aromatic nitrogens is 2. The van der Waals surface area contributed by atoms with Gasteiger partial charge >= 0.3 is 12.1 Å². The second-order valence-corrected chi connectivity index (χ2v) is 19.8. The molecule has 14 nitrogen and oxygen atoms in total. The Morgan fingerprint density at radius 1 is 0.956 bits per heavy atom. The van der Waals surface area contributed by atoms with E-state index in [-0.39, 0.29) is 48.7 Å². The number of rotatable bonds is 12. The van der Waals surface area contributed by atoms with Gasteiger partial charge in [0.2, 0.25) is 5.91 Å². The zero-order valence-corrected chi connectivity index (χ0v) is 39.7. The molecule has 5 heterocycles. The fourth-order valence-corrected chi connectivity index (χ4v) is 10.9. The Morgan fingerprint density at radius 3 is 2.43 bits per heavy atom. The smallest absolute Gasteiger partial charge is 0.328 e. The van der Waals surface area contributed by atoms with Gasteiger partial charge in [-0.1, -0.05) is 38.1 Å². The van der Waals surface area contributed by atoms with Gasteiger partial charge in [-0.05, 0) is 135 Å². The third-order valence-electron chi connectivity index (χ3n) is 14.9. The van der Waals surface area contributed by atoms with Crippen LogP contribution in [-0.2, 0) is 17.6 Å². The van der Waals surface area contributed by atoms with Gasteiger partial charge in [0.15, 0.2) is 0 Å². The molecule has 1 aromatic heterocycles. The summed E-state index contributed by atoms with van der Waals surface area (Å²) in [6.45, 7) is 13.7. The number of carbonyl (C=O) groups excluding carboxylic acids is 4. The van der Waals surface area contributed by atoms with Crippen LogP contribution in [0.5, 0.6) is 5.75 Å². The van der Waals surface area contributed by atoms with Crippen molar-refractivity contribution in [1.29, 1.82) is 0 Å². The van der Waals surface area contributed by atoms with Gasteiger partial charge in [0.05, 0.1) is 29.8 Å². The van der Waals surface area contributed by atoms with E-state index < -0.39 is 18.0 Å². The first-order valence-electron chi connectivity index (χ1n) is 24.3. The maximum Gasteiger partial charge on any atom is 0.328 e. The Kier molecular flexibility index (Phi) is 13.7. The lowest BCUT2D eigenvalue weighted by molar-refractivity contribution is -0.120. The molecule has 0 bridgehead atoms. The van der Waals surface area contributed by atoms with E-state index in [9.17, 15) is 24.3 Å². The zero-order chi connectivity index (χ0) is 47.7. The number of piperidine rings is 2. The van der Waals surface area contributed by atoms with Gasteiger partial charge in [-0.15, -0.1) is 0 Å². The summed E-state index contributed by atoms with van der Waals surface area (Å²) in [5.74, 6) is 0.0815. The minimum Gasteiger partial charge on any atom is -0.492 e. The van der Waals surface area contributed by atoms with Crippen molar-refractivity contribution in [2.75, 3.05) is 69.2 Å². The third-order valence-corrected chi connectivity index (χ3v) is 14.9. The van der Waals surface area contributed by atoms with E-state index in [4.69, 9.17) is 4.74 Å². The molecule has 4 fully saturated rings. The van der Waals surface area contributed by atoms with Gasteiger partial charge in [0.1, 0.15) is 17.9 Å². The van der Waals surface area contributed by atoms with E-state index in [1.807, 2.05) is 18.7 Å². The van der Waals surface area contributed by atoms with E-state index in [0.717, 1.165) is 80.6 Å². The number of amides is 6. The molecule has 3 aromatic carbocycles. The van der Waals surface area contributed by atoms with Crippen molar-refractivity contribution in [3.63, 3.8) is 0 Å². The zero-order valence-electron chi connectivity index (χ0n) is 39.7. The second kappa shape index (κ2) is 19.8. The fourth-order valence-electron chi connectivity index (χ4n) is 10.9. The molecule has 5 aliphatic rings. The van der Waals surface area contributed by atoms with Gasteiger partial charge in [-0.2, -0.15) is 0 Å². The number of carbonyl (C=O) groups is 4. The SMILES string of the molecule is CCOc1ccc(C(=O)N2CCC3(CCN(CCc4ccc(C5=Cc6c(ncnc6-c6cc(F)cc(NC(=O)N7C[C@H](CC(C)C)[C@@H](O)C7)c6C)C5)cc4)CC3)CC2)cc1N1CCC(=O)NC1=O. The molecule has 0 saturated carbocycles. The predicted octanol–water partition coefficient (Wildman–Crippen LogP) is 7.96. The number of nitrogens with zero attached hydrogens (tertiary/aromatic N) is 6. The molecule has 9 rings (SSSR count). The number of β-amino-alcohol motifs (C(OH)–C–C–N with tert-alkyl or cyclic N) is 1. The Bertz CT molecular complexity index is 2600. The van der Waals surface area contributed by atoms with E-state index in [1.54, 1.807) is 23.1 Å². The van der Waals surface area contributed by atoms with Crippen LogP contribution < -0.4 is 20.3 Å². The highest BCUT2D eigenvalue weighted by Crippen LogP contribution is 2.43. The van der Waals surface area contributed by atoms with Crippen molar-refractivity contribution in [2.45, 2.75) is 85.2 Å².